The third-order valence-corrected chi connectivity index (χ3v) is 2.64. The average Bonchev–Trinajstić information content (AvgIpc) is 2.84. The van der Waals surface area contributed by atoms with Crippen molar-refractivity contribution in [3.8, 4) is 0 Å². The molecule has 0 aliphatic rings. The van der Waals surface area contributed by atoms with E-state index in [1.165, 1.54) is 12.1 Å². The van der Waals surface area contributed by atoms with E-state index in [1.807, 2.05) is 0 Å². The van der Waals surface area contributed by atoms with Crippen molar-refractivity contribution in [2.45, 2.75) is 0 Å². The molecule has 20 heavy (non-hydrogen) atoms. The summed E-state index contributed by atoms with van der Waals surface area (Å²) in [6, 6.07) is 4.69. The quantitative estimate of drug-likeness (QED) is 0.428. The lowest BCUT2D eigenvalue weighted by molar-refractivity contribution is -0.384. The van der Waals surface area contributed by atoms with Gasteiger partial charge in [-0.1, -0.05) is 0 Å². The van der Waals surface area contributed by atoms with E-state index in [0.29, 0.717) is 30.3 Å². The fraction of sp³-hybridized carbons (Fsp3) is 0.417. The van der Waals surface area contributed by atoms with Gasteiger partial charge in [0.1, 0.15) is 5.52 Å². The van der Waals surface area contributed by atoms with E-state index in [0.717, 1.165) is 13.1 Å². The van der Waals surface area contributed by atoms with Crippen LogP contribution >= 0.6 is 0 Å². The highest BCUT2D eigenvalue weighted by Crippen LogP contribution is 2.23. The summed E-state index contributed by atoms with van der Waals surface area (Å²) in [5.74, 6) is 0. The maximum atomic E-state index is 10.7. The number of aromatic nitrogens is 1. The molecule has 1 heterocycles. The molecule has 0 spiro atoms. The molecular formula is C12H16N4O4. The fourth-order valence-corrected chi connectivity index (χ4v) is 1.66. The van der Waals surface area contributed by atoms with Crippen LogP contribution in [0.4, 0.5) is 11.7 Å². The van der Waals surface area contributed by atoms with E-state index in [4.69, 9.17) is 9.15 Å². The normalized spacial score (nSPS) is 10.8. The Morgan fingerprint density at radius 3 is 3.00 bits per heavy atom. The minimum Gasteiger partial charge on any atom is -0.423 e. The lowest BCUT2D eigenvalue weighted by Gasteiger charge is -2.03. The number of oxazole rings is 1. The van der Waals surface area contributed by atoms with Crippen LogP contribution in [0.1, 0.15) is 0 Å². The van der Waals surface area contributed by atoms with Crippen LogP contribution in [0.15, 0.2) is 22.6 Å². The summed E-state index contributed by atoms with van der Waals surface area (Å²) in [6.07, 6.45) is 0. The monoisotopic (exact) mass is 280 g/mol. The summed E-state index contributed by atoms with van der Waals surface area (Å²) >= 11 is 0. The van der Waals surface area contributed by atoms with Crippen molar-refractivity contribution in [1.82, 2.24) is 10.3 Å². The molecule has 108 valence electrons. The van der Waals surface area contributed by atoms with Gasteiger partial charge < -0.3 is 19.8 Å². The van der Waals surface area contributed by atoms with Crippen molar-refractivity contribution in [3.63, 3.8) is 0 Å². The van der Waals surface area contributed by atoms with Crippen LogP contribution in [0.3, 0.4) is 0 Å². The van der Waals surface area contributed by atoms with Crippen molar-refractivity contribution in [3.05, 3.63) is 28.3 Å². The predicted molar refractivity (Wildman–Crippen MR) is 73.9 cm³/mol. The number of non-ortho nitro benzene ring substituents is 1. The van der Waals surface area contributed by atoms with Gasteiger partial charge in [-0.15, -0.1) is 0 Å². The molecule has 0 saturated carbocycles. The van der Waals surface area contributed by atoms with Crippen LogP contribution < -0.4 is 10.6 Å². The molecule has 0 bridgehead atoms. The molecule has 8 nitrogen and oxygen atoms in total. The van der Waals surface area contributed by atoms with Gasteiger partial charge in [-0.05, 0) is 6.07 Å². The summed E-state index contributed by atoms with van der Waals surface area (Å²) in [4.78, 5) is 14.4. The maximum Gasteiger partial charge on any atom is 0.295 e. The summed E-state index contributed by atoms with van der Waals surface area (Å²) in [6.45, 7) is 2.81. The zero-order valence-corrected chi connectivity index (χ0v) is 11.1. The molecule has 0 fully saturated rings. The Hall–Kier alpha value is -2.19. The molecule has 0 aliphatic heterocycles. The minimum absolute atomic E-state index is 0.0126. The Kier molecular flexibility index (Phi) is 4.85. The van der Waals surface area contributed by atoms with E-state index in [1.54, 1.807) is 13.2 Å². The number of nitrogens with zero attached hydrogens (tertiary/aromatic N) is 2. The highest BCUT2D eigenvalue weighted by molar-refractivity contribution is 5.77. The molecule has 1 aromatic carbocycles. The molecular weight excluding hydrogens is 264 g/mol. The summed E-state index contributed by atoms with van der Waals surface area (Å²) in [5, 5.41) is 16.8. The number of ether oxygens (including phenoxy) is 1. The van der Waals surface area contributed by atoms with Crippen LogP contribution in [-0.2, 0) is 4.74 Å². The molecule has 2 N–H and O–H groups in total. The number of anilines is 1. The van der Waals surface area contributed by atoms with Gasteiger partial charge in [0.2, 0.25) is 0 Å². The first kappa shape index (κ1) is 14.2. The van der Waals surface area contributed by atoms with Crippen LogP contribution in [0, 0.1) is 10.1 Å². The molecule has 0 amide bonds. The second-order valence-electron chi connectivity index (χ2n) is 4.10. The Morgan fingerprint density at radius 1 is 1.40 bits per heavy atom. The first-order valence-electron chi connectivity index (χ1n) is 6.19. The third-order valence-electron chi connectivity index (χ3n) is 2.64. The van der Waals surface area contributed by atoms with Crippen molar-refractivity contribution in [2.75, 3.05) is 38.7 Å². The summed E-state index contributed by atoms with van der Waals surface area (Å²) < 4.78 is 10.3. The predicted octanol–water partition coefficient (Wildman–Crippen LogP) is 1.38. The molecule has 2 aromatic rings. The Labute approximate surface area is 115 Å². The largest absolute Gasteiger partial charge is 0.423 e. The minimum atomic E-state index is -0.464. The molecule has 0 saturated heterocycles. The van der Waals surface area contributed by atoms with Gasteiger partial charge in [-0.2, -0.15) is 4.98 Å². The Bertz CT molecular complexity index is 584. The number of hydrogen-bond acceptors (Lipinski definition) is 7. The van der Waals surface area contributed by atoms with E-state index < -0.39 is 4.92 Å². The maximum absolute atomic E-state index is 10.7. The van der Waals surface area contributed by atoms with Gasteiger partial charge in [-0.3, -0.25) is 10.1 Å². The number of rotatable bonds is 8. The molecule has 1 aromatic heterocycles. The molecule has 0 radical (unpaired) electrons. The number of nitro groups is 1. The topological polar surface area (TPSA) is 102 Å². The van der Waals surface area contributed by atoms with E-state index in [2.05, 4.69) is 15.6 Å². The molecule has 0 unspecified atom stereocenters. The smallest absolute Gasteiger partial charge is 0.295 e. The van der Waals surface area contributed by atoms with Gasteiger partial charge in [-0.25, -0.2) is 0 Å². The van der Waals surface area contributed by atoms with E-state index in [9.17, 15) is 10.1 Å². The Morgan fingerprint density at radius 2 is 2.25 bits per heavy atom. The lowest BCUT2D eigenvalue weighted by Crippen LogP contribution is -2.25. The van der Waals surface area contributed by atoms with Gasteiger partial charge in [0.15, 0.2) is 5.58 Å². The van der Waals surface area contributed by atoms with Crippen LogP contribution in [0.5, 0.6) is 0 Å². The van der Waals surface area contributed by atoms with E-state index >= 15 is 0 Å². The zero-order valence-electron chi connectivity index (χ0n) is 11.1. The molecule has 8 heteroatoms. The molecule has 2 rings (SSSR count). The summed E-state index contributed by atoms with van der Waals surface area (Å²) in [5.41, 5.74) is 0.973. The first-order chi connectivity index (χ1) is 9.70. The van der Waals surface area contributed by atoms with Crippen molar-refractivity contribution in [2.24, 2.45) is 0 Å². The molecule has 0 atom stereocenters. The second kappa shape index (κ2) is 6.83. The highest BCUT2D eigenvalue weighted by atomic mass is 16.6. The van der Waals surface area contributed by atoms with Crippen molar-refractivity contribution < 1.29 is 14.1 Å². The summed E-state index contributed by atoms with van der Waals surface area (Å²) in [7, 11) is 1.65. The van der Waals surface area contributed by atoms with Crippen LogP contribution in [-0.4, -0.2) is 43.3 Å². The number of hydrogen-bond donors (Lipinski definition) is 2. The van der Waals surface area contributed by atoms with E-state index in [-0.39, 0.29) is 5.69 Å². The highest BCUT2D eigenvalue weighted by Gasteiger charge is 2.11. The molecule has 0 aliphatic carbocycles. The number of benzene rings is 1. The fourth-order valence-electron chi connectivity index (χ4n) is 1.66. The average molecular weight is 280 g/mol. The SMILES string of the molecule is COCCNCCNc1nc2ccc([N+](=O)[O-])cc2o1. The van der Waals surface area contributed by atoms with Gasteiger partial charge >= 0.3 is 0 Å². The standard InChI is InChI=1S/C12H16N4O4/c1-19-7-6-13-4-5-14-12-15-10-3-2-9(16(17)18)8-11(10)20-12/h2-3,8,13H,4-7H2,1H3,(H,14,15). The number of nitrogens with one attached hydrogen (secondary N) is 2. The number of methoxy groups -OCH3 is 1. The lowest BCUT2D eigenvalue weighted by atomic mass is 10.3. The van der Waals surface area contributed by atoms with Crippen molar-refractivity contribution >= 4 is 22.8 Å². The van der Waals surface area contributed by atoms with Gasteiger partial charge in [0.05, 0.1) is 17.6 Å². The second-order valence-corrected chi connectivity index (χ2v) is 4.10. The van der Waals surface area contributed by atoms with Crippen LogP contribution in [0.25, 0.3) is 11.1 Å². The first-order valence-corrected chi connectivity index (χ1v) is 6.19. The van der Waals surface area contributed by atoms with Gasteiger partial charge in [0.25, 0.3) is 11.7 Å². The van der Waals surface area contributed by atoms with Crippen LogP contribution in [0.2, 0.25) is 0 Å². The number of fused-ring (bicyclic) bond motifs is 1. The Balaban J connectivity index is 1.89. The van der Waals surface area contributed by atoms with Gasteiger partial charge in [0, 0.05) is 32.8 Å². The van der Waals surface area contributed by atoms with Crippen molar-refractivity contribution in [1.29, 1.82) is 0 Å². The third kappa shape index (κ3) is 3.65. The zero-order chi connectivity index (χ0) is 14.4. The number of nitro benzene ring substituents is 1.